The van der Waals surface area contributed by atoms with Crippen molar-refractivity contribution >= 4 is 12.9 Å². The molecular weight excluding hydrogens is 242 g/mol. The average Bonchev–Trinajstić information content (AvgIpc) is 2.15. The van der Waals surface area contributed by atoms with E-state index < -0.39 is 7.60 Å². The molecular formula is C12H18FO3P. The molecule has 1 aromatic rings. The molecule has 0 aliphatic heterocycles. The Kier molecular flexibility index (Phi) is 4.87. The second-order valence-electron chi connectivity index (χ2n) is 4.28. The Bertz CT molecular complexity index is 387. The summed E-state index contributed by atoms with van der Waals surface area (Å²) in [6.07, 6.45) is -0.464. The average molecular weight is 260 g/mol. The van der Waals surface area contributed by atoms with E-state index in [4.69, 9.17) is 9.05 Å². The molecule has 0 radical (unpaired) electrons. The maximum atomic E-state index is 12.8. The molecule has 0 saturated carbocycles. The minimum absolute atomic E-state index is 0.232. The Balaban J connectivity index is 3.05. The number of hydrogen-bond acceptors (Lipinski definition) is 3. The van der Waals surface area contributed by atoms with Gasteiger partial charge in [0, 0.05) is 0 Å². The van der Waals surface area contributed by atoms with Gasteiger partial charge in [-0.15, -0.1) is 0 Å². The fraction of sp³-hybridized carbons (Fsp3) is 0.500. The van der Waals surface area contributed by atoms with Gasteiger partial charge < -0.3 is 9.05 Å². The van der Waals surface area contributed by atoms with Gasteiger partial charge in [0.1, 0.15) is 5.82 Å². The van der Waals surface area contributed by atoms with E-state index in [1.165, 1.54) is 24.3 Å². The van der Waals surface area contributed by atoms with E-state index in [0.29, 0.717) is 5.30 Å². The van der Waals surface area contributed by atoms with Crippen molar-refractivity contribution in [2.75, 3.05) is 0 Å². The molecule has 0 N–H and O–H groups in total. The number of benzene rings is 1. The summed E-state index contributed by atoms with van der Waals surface area (Å²) in [6, 6.07) is 5.35. The van der Waals surface area contributed by atoms with Gasteiger partial charge in [-0.3, -0.25) is 4.57 Å². The van der Waals surface area contributed by atoms with E-state index in [-0.39, 0.29) is 18.0 Å². The fourth-order valence-corrected chi connectivity index (χ4v) is 3.24. The van der Waals surface area contributed by atoms with Crippen LogP contribution in [0.25, 0.3) is 0 Å². The van der Waals surface area contributed by atoms with Crippen LogP contribution in [0.2, 0.25) is 0 Å². The molecule has 0 atom stereocenters. The molecule has 0 aliphatic rings. The molecule has 0 fully saturated rings. The normalized spacial score (nSPS) is 12.4. The van der Waals surface area contributed by atoms with Crippen molar-refractivity contribution in [2.24, 2.45) is 0 Å². The smallest absolute Gasteiger partial charge is 0.302 e. The molecule has 0 amide bonds. The van der Waals surface area contributed by atoms with Gasteiger partial charge >= 0.3 is 7.60 Å². The maximum absolute atomic E-state index is 12.8. The summed E-state index contributed by atoms with van der Waals surface area (Å²) in [5.74, 6) is -0.380. The first-order valence-corrected chi connectivity index (χ1v) is 7.11. The molecule has 17 heavy (non-hydrogen) atoms. The lowest BCUT2D eigenvalue weighted by atomic mass is 10.4. The zero-order valence-electron chi connectivity index (χ0n) is 10.5. The molecule has 0 bridgehead atoms. The van der Waals surface area contributed by atoms with Crippen molar-refractivity contribution < 1.29 is 18.0 Å². The lowest BCUT2D eigenvalue weighted by molar-refractivity contribution is 0.150. The topological polar surface area (TPSA) is 35.5 Å². The van der Waals surface area contributed by atoms with Gasteiger partial charge in [0.15, 0.2) is 0 Å². The first kappa shape index (κ1) is 14.4. The fourth-order valence-electron chi connectivity index (χ4n) is 1.33. The molecule has 1 rings (SSSR count). The minimum Gasteiger partial charge on any atom is -0.302 e. The Hall–Kier alpha value is -0.700. The molecule has 0 unspecified atom stereocenters. The quantitative estimate of drug-likeness (QED) is 0.760. The highest BCUT2D eigenvalue weighted by Crippen LogP contribution is 2.49. The lowest BCUT2D eigenvalue weighted by Crippen LogP contribution is -2.16. The number of halogens is 1. The predicted octanol–water partition coefficient (Wildman–Crippen LogP) is 3.49. The molecule has 3 nitrogen and oxygen atoms in total. The Labute approximate surface area is 101 Å². The van der Waals surface area contributed by atoms with Gasteiger partial charge in [-0.1, -0.05) is 0 Å². The van der Waals surface area contributed by atoms with Crippen molar-refractivity contribution in [3.05, 3.63) is 30.1 Å². The second-order valence-corrected chi connectivity index (χ2v) is 6.22. The molecule has 0 heterocycles. The summed E-state index contributed by atoms with van der Waals surface area (Å²) in [7, 11) is -3.37. The van der Waals surface area contributed by atoms with Crippen LogP contribution < -0.4 is 5.30 Å². The molecule has 0 aromatic heterocycles. The summed E-state index contributed by atoms with van der Waals surface area (Å²) in [5.41, 5.74) is 0. The molecule has 5 heteroatoms. The third kappa shape index (κ3) is 4.23. The van der Waals surface area contributed by atoms with Gasteiger partial charge in [0.2, 0.25) is 0 Å². The van der Waals surface area contributed by atoms with Crippen LogP contribution in [0.3, 0.4) is 0 Å². The molecule has 0 aliphatic carbocycles. The van der Waals surface area contributed by atoms with Crippen LogP contribution in [-0.4, -0.2) is 12.2 Å². The summed E-state index contributed by atoms with van der Waals surface area (Å²) in [4.78, 5) is 0. The minimum atomic E-state index is -3.37. The summed E-state index contributed by atoms with van der Waals surface area (Å²) >= 11 is 0. The van der Waals surface area contributed by atoms with Gasteiger partial charge in [0.05, 0.1) is 17.5 Å². The van der Waals surface area contributed by atoms with Crippen LogP contribution in [0.4, 0.5) is 4.39 Å². The highest BCUT2D eigenvalue weighted by Gasteiger charge is 2.30. The van der Waals surface area contributed by atoms with Gasteiger partial charge in [-0.25, -0.2) is 4.39 Å². The molecule has 96 valence electrons. The second kappa shape index (κ2) is 5.76. The molecule has 0 saturated heterocycles. The highest BCUT2D eigenvalue weighted by atomic mass is 31.2. The number of hydrogen-bond donors (Lipinski definition) is 0. The standard InChI is InChI=1S/C12H18FO3P/c1-9(2)15-17(14,16-10(3)4)12-7-5-11(13)6-8-12/h5-10H,1-4H3. The zero-order valence-corrected chi connectivity index (χ0v) is 11.4. The number of rotatable bonds is 5. The Morgan fingerprint density at radius 2 is 1.41 bits per heavy atom. The Morgan fingerprint density at radius 1 is 1.00 bits per heavy atom. The third-order valence-electron chi connectivity index (χ3n) is 1.84. The van der Waals surface area contributed by atoms with Crippen LogP contribution in [0.5, 0.6) is 0 Å². The maximum Gasteiger partial charge on any atom is 0.361 e. The van der Waals surface area contributed by atoms with E-state index in [2.05, 4.69) is 0 Å². The van der Waals surface area contributed by atoms with Crippen molar-refractivity contribution in [3.63, 3.8) is 0 Å². The summed E-state index contributed by atoms with van der Waals surface area (Å²) in [5, 5.41) is 0.376. The van der Waals surface area contributed by atoms with E-state index in [0.717, 1.165) is 0 Å². The summed E-state index contributed by atoms with van der Waals surface area (Å²) < 4.78 is 36.2. The van der Waals surface area contributed by atoms with Crippen LogP contribution in [-0.2, 0) is 13.6 Å². The van der Waals surface area contributed by atoms with E-state index in [9.17, 15) is 8.96 Å². The van der Waals surface area contributed by atoms with Crippen molar-refractivity contribution in [3.8, 4) is 0 Å². The summed E-state index contributed by atoms with van der Waals surface area (Å²) in [6.45, 7) is 7.11. The van der Waals surface area contributed by atoms with Gasteiger partial charge in [0.25, 0.3) is 0 Å². The van der Waals surface area contributed by atoms with Gasteiger partial charge in [-0.2, -0.15) is 0 Å². The first-order valence-electron chi connectivity index (χ1n) is 5.56. The largest absolute Gasteiger partial charge is 0.361 e. The van der Waals surface area contributed by atoms with E-state index >= 15 is 0 Å². The van der Waals surface area contributed by atoms with E-state index in [1.807, 2.05) is 0 Å². The highest BCUT2D eigenvalue weighted by molar-refractivity contribution is 7.62. The molecule has 0 spiro atoms. The van der Waals surface area contributed by atoms with Crippen molar-refractivity contribution in [1.82, 2.24) is 0 Å². The predicted molar refractivity (Wildman–Crippen MR) is 66.1 cm³/mol. The first-order chi connectivity index (χ1) is 7.83. The zero-order chi connectivity index (χ0) is 13.1. The Morgan fingerprint density at radius 3 is 1.76 bits per heavy atom. The third-order valence-corrected chi connectivity index (χ3v) is 4.17. The van der Waals surface area contributed by atoms with Gasteiger partial charge in [-0.05, 0) is 52.0 Å². The van der Waals surface area contributed by atoms with Crippen molar-refractivity contribution in [1.29, 1.82) is 0 Å². The lowest BCUT2D eigenvalue weighted by Gasteiger charge is -2.22. The van der Waals surface area contributed by atoms with Crippen LogP contribution in [0.1, 0.15) is 27.7 Å². The SMILES string of the molecule is CC(C)OP(=O)(OC(C)C)c1ccc(F)cc1. The van der Waals surface area contributed by atoms with E-state index in [1.54, 1.807) is 27.7 Å². The monoisotopic (exact) mass is 260 g/mol. The van der Waals surface area contributed by atoms with Crippen LogP contribution >= 0.6 is 7.60 Å². The van der Waals surface area contributed by atoms with Crippen LogP contribution in [0.15, 0.2) is 24.3 Å². The van der Waals surface area contributed by atoms with Crippen LogP contribution in [0, 0.1) is 5.82 Å². The molecule has 1 aromatic carbocycles. The van der Waals surface area contributed by atoms with Crippen molar-refractivity contribution in [2.45, 2.75) is 39.9 Å².